The van der Waals surface area contributed by atoms with Crippen molar-refractivity contribution in [2.24, 2.45) is 0 Å². The molecular formula is C39H34F3IrN2O2-. The van der Waals surface area contributed by atoms with E-state index in [4.69, 9.17) is 10.1 Å². The van der Waals surface area contributed by atoms with E-state index in [0.717, 1.165) is 32.8 Å². The molecule has 0 bridgehead atoms. The Morgan fingerprint density at radius 2 is 1.55 bits per heavy atom. The Balaban J connectivity index is 0.000000565. The third-order valence-electron chi connectivity index (χ3n) is 7.65. The Morgan fingerprint density at radius 3 is 2.19 bits per heavy atom. The number of carbonyl (C=O) groups is 1. The number of aliphatic hydroxyl groups excluding tert-OH is 1. The second kappa shape index (κ2) is 13.8. The Bertz CT molecular complexity index is 2140. The number of carbonyl (C=O) groups excluding carboxylic acids is 1. The number of hydrogen-bond donors (Lipinski definition) is 1. The van der Waals surface area contributed by atoms with Crippen molar-refractivity contribution in [1.82, 2.24) is 9.97 Å². The topological polar surface area (TPSA) is 63.1 Å². The number of halogens is 3. The molecule has 2 heterocycles. The van der Waals surface area contributed by atoms with Crippen LogP contribution in [0.4, 0.5) is 13.2 Å². The number of aromatic nitrogens is 2. The summed E-state index contributed by atoms with van der Waals surface area (Å²) in [5.41, 5.74) is 3.97. The summed E-state index contributed by atoms with van der Waals surface area (Å²) in [6, 6.07) is 25.6. The number of fused-ring (bicyclic) bond motifs is 4. The molecule has 0 atom stereocenters. The van der Waals surface area contributed by atoms with Crippen molar-refractivity contribution in [2.45, 2.75) is 53.1 Å². The van der Waals surface area contributed by atoms with Crippen LogP contribution in [0.25, 0.3) is 54.8 Å². The van der Waals surface area contributed by atoms with Gasteiger partial charge in [0.2, 0.25) is 0 Å². The average Bonchev–Trinajstić information content (AvgIpc) is 2.98. The van der Waals surface area contributed by atoms with E-state index in [-0.39, 0.29) is 42.6 Å². The van der Waals surface area contributed by atoms with Gasteiger partial charge in [-0.1, -0.05) is 79.7 Å². The Morgan fingerprint density at radius 1 is 0.830 bits per heavy atom. The second-order valence-corrected chi connectivity index (χ2v) is 12.4. The number of rotatable bonds is 3. The molecular weight excluding hydrogens is 778 g/mol. The van der Waals surface area contributed by atoms with Crippen LogP contribution in [0.5, 0.6) is 0 Å². The summed E-state index contributed by atoms with van der Waals surface area (Å²) in [6.07, 6.45) is 0.256. The van der Waals surface area contributed by atoms with Crippen LogP contribution in [0, 0.1) is 13.0 Å². The number of aliphatic hydroxyl groups is 1. The maximum absolute atomic E-state index is 13.8. The molecule has 0 amide bonds. The maximum atomic E-state index is 13.8. The van der Waals surface area contributed by atoms with Crippen molar-refractivity contribution in [1.29, 1.82) is 0 Å². The first kappa shape index (κ1) is 35.5. The van der Waals surface area contributed by atoms with Gasteiger partial charge in [0, 0.05) is 49.7 Å². The fraction of sp³-hybridized carbons (Fsp3) is 0.205. The van der Waals surface area contributed by atoms with Gasteiger partial charge in [-0.3, -0.25) is 14.8 Å². The van der Waals surface area contributed by atoms with Gasteiger partial charge in [0.1, 0.15) is 0 Å². The molecule has 243 valence electrons. The van der Waals surface area contributed by atoms with Gasteiger partial charge in [-0.25, -0.2) is 0 Å². The van der Waals surface area contributed by atoms with Gasteiger partial charge in [0.15, 0.2) is 5.78 Å². The van der Waals surface area contributed by atoms with Crippen LogP contribution < -0.4 is 0 Å². The normalized spacial score (nSPS) is 12.1. The predicted octanol–water partition coefficient (Wildman–Crippen LogP) is 10.7. The van der Waals surface area contributed by atoms with Crippen LogP contribution in [0.1, 0.15) is 51.3 Å². The SMILES string of the molecule is CC(=O)/C=C(/C)O.Cc1ccc(-c2ccc3c(c2)ncc2c(-c4[c-]c5ccccc5c(C(C)(C)C)c4)nccc23)c(C(F)(F)F)c1.[Ir]. The first-order chi connectivity index (χ1) is 21.6. The Labute approximate surface area is 285 Å². The van der Waals surface area contributed by atoms with Crippen molar-refractivity contribution in [3.8, 4) is 22.4 Å². The van der Waals surface area contributed by atoms with E-state index in [2.05, 4.69) is 50.0 Å². The molecule has 6 aromatic rings. The summed E-state index contributed by atoms with van der Waals surface area (Å²) in [7, 11) is 0. The minimum Gasteiger partial charge on any atom is -0.512 e. The number of benzene rings is 4. The summed E-state index contributed by atoms with van der Waals surface area (Å²) in [5.74, 6) is -0.0625. The number of nitrogens with zero attached hydrogens (tertiary/aromatic N) is 2. The molecule has 0 unspecified atom stereocenters. The molecule has 0 saturated carbocycles. The molecule has 4 aromatic carbocycles. The van der Waals surface area contributed by atoms with Crippen molar-refractivity contribution >= 4 is 38.2 Å². The third kappa shape index (κ3) is 7.78. The Hall–Kier alpha value is -4.39. The second-order valence-electron chi connectivity index (χ2n) is 12.4. The van der Waals surface area contributed by atoms with E-state index in [0.29, 0.717) is 16.6 Å². The van der Waals surface area contributed by atoms with Gasteiger partial charge in [0.05, 0.1) is 16.8 Å². The minimum absolute atomic E-state index is 0. The van der Waals surface area contributed by atoms with Crippen LogP contribution in [0.2, 0.25) is 0 Å². The fourth-order valence-corrected chi connectivity index (χ4v) is 5.64. The van der Waals surface area contributed by atoms with Crippen LogP contribution >= 0.6 is 0 Å². The number of aryl methyl sites for hydroxylation is 1. The first-order valence-electron chi connectivity index (χ1n) is 14.8. The molecule has 6 rings (SSSR count). The van der Waals surface area contributed by atoms with E-state index in [9.17, 15) is 18.0 Å². The summed E-state index contributed by atoms with van der Waals surface area (Å²) < 4.78 is 41.4. The molecule has 2 aromatic heterocycles. The molecule has 47 heavy (non-hydrogen) atoms. The van der Waals surface area contributed by atoms with E-state index in [1.54, 1.807) is 37.5 Å². The summed E-state index contributed by atoms with van der Waals surface area (Å²) in [6.45, 7) is 11.1. The van der Waals surface area contributed by atoms with Crippen molar-refractivity contribution in [3.05, 3.63) is 120 Å². The molecule has 0 fully saturated rings. The number of pyridine rings is 2. The van der Waals surface area contributed by atoms with Crippen LogP contribution in [-0.2, 0) is 36.5 Å². The van der Waals surface area contributed by atoms with Gasteiger partial charge in [-0.2, -0.15) is 13.2 Å². The standard InChI is InChI=1S/C34H26F3N2.C5H8O2.Ir/c1-20-9-11-25(30(15-20)34(35,36)37)22-10-12-27-26-13-14-38-32(28(26)19-39-31(27)18-22)23-16-21-7-5-6-8-24(21)29(17-23)33(2,3)4;1-4(6)3-5(2)7;/h5-15,17-19H,1-4H3;3,6H,1-2H3;/q-1;;/b;4-3-;. The van der Waals surface area contributed by atoms with Gasteiger partial charge < -0.3 is 5.11 Å². The number of allylic oxidation sites excluding steroid dienone is 2. The van der Waals surface area contributed by atoms with Gasteiger partial charge in [0.25, 0.3) is 0 Å². The quantitative estimate of drug-likeness (QED) is 0.0837. The zero-order valence-corrected chi connectivity index (χ0v) is 29.3. The van der Waals surface area contributed by atoms with Gasteiger partial charge in [-0.15, -0.1) is 29.1 Å². The van der Waals surface area contributed by atoms with E-state index in [1.807, 2.05) is 24.3 Å². The molecule has 1 radical (unpaired) electrons. The summed E-state index contributed by atoms with van der Waals surface area (Å²) in [5, 5.41) is 13.2. The average molecular weight is 812 g/mol. The molecule has 4 nitrogen and oxygen atoms in total. The van der Waals surface area contributed by atoms with E-state index >= 15 is 0 Å². The minimum atomic E-state index is -4.45. The molecule has 0 aliphatic heterocycles. The largest absolute Gasteiger partial charge is 0.512 e. The number of alkyl halides is 3. The van der Waals surface area contributed by atoms with Crippen molar-refractivity contribution in [2.75, 3.05) is 0 Å². The van der Waals surface area contributed by atoms with Crippen molar-refractivity contribution < 1.29 is 43.2 Å². The van der Waals surface area contributed by atoms with Crippen molar-refractivity contribution in [3.63, 3.8) is 0 Å². The molecule has 0 spiro atoms. The number of hydrogen-bond acceptors (Lipinski definition) is 4. The predicted molar refractivity (Wildman–Crippen MR) is 180 cm³/mol. The number of ketones is 1. The molecule has 0 saturated heterocycles. The first-order valence-corrected chi connectivity index (χ1v) is 14.8. The summed E-state index contributed by atoms with van der Waals surface area (Å²) in [4.78, 5) is 19.4. The molecule has 0 aliphatic rings. The van der Waals surface area contributed by atoms with Gasteiger partial charge >= 0.3 is 6.18 Å². The third-order valence-corrected chi connectivity index (χ3v) is 7.65. The van der Waals surface area contributed by atoms with Crippen LogP contribution in [0.3, 0.4) is 0 Å². The molecule has 0 aliphatic carbocycles. The van der Waals surface area contributed by atoms with Crippen LogP contribution in [0.15, 0.2) is 97.0 Å². The van der Waals surface area contributed by atoms with E-state index < -0.39 is 11.7 Å². The Kier molecular flexibility index (Phi) is 10.4. The monoisotopic (exact) mass is 812 g/mol. The molecule has 8 heteroatoms. The zero-order chi connectivity index (χ0) is 33.4. The van der Waals surface area contributed by atoms with E-state index in [1.165, 1.54) is 43.0 Å². The molecule has 1 N–H and O–H groups in total. The van der Waals surface area contributed by atoms with Gasteiger partial charge in [-0.05, 0) is 66.3 Å². The zero-order valence-electron chi connectivity index (χ0n) is 26.9. The fourth-order valence-electron chi connectivity index (χ4n) is 5.64. The maximum Gasteiger partial charge on any atom is 0.417 e. The van der Waals surface area contributed by atoms with Crippen LogP contribution in [-0.4, -0.2) is 20.9 Å². The smallest absolute Gasteiger partial charge is 0.417 e. The summed E-state index contributed by atoms with van der Waals surface area (Å²) >= 11 is 0.